The Hall–Kier alpha value is -2.55. The number of carbonyl (C=O) groups is 1. The number of halogens is 2. The summed E-state index contributed by atoms with van der Waals surface area (Å²) in [5.74, 6) is -1.51. The van der Waals surface area contributed by atoms with Crippen LogP contribution in [0.25, 0.3) is 11.2 Å². The van der Waals surface area contributed by atoms with Crippen LogP contribution < -0.4 is 5.73 Å². The van der Waals surface area contributed by atoms with Crippen molar-refractivity contribution in [2.75, 3.05) is 18.9 Å². The lowest BCUT2D eigenvalue weighted by Crippen LogP contribution is -2.38. The van der Waals surface area contributed by atoms with Crippen LogP contribution in [0.4, 0.5) is 20.4 Å². The van der Waals surface area contributed by atoms with E-state index < -0.39 is 88.2 Å². The first kappa shape index (κ1) is 31.1. The second kappa shape index (κ2) is 11.3. The number of Topliss-reactive ketones (excluding diaryl/α,β-unsaturated/α-hetero) is 1. The first-order valence-electron chi connectivity index (χ1n) is 13.2. The van der Waals surface area contributed by atoms with E-state index in [1.807, 2.05) is 0 Å². The molecule has 3 aromatic rings. The first-order valence-corrected chi connectivity index (χ1v) is 17.4. The summed E-state index contributed by atoms with van der Waals surface area (Å²) < 4.78 is 79.7. The second-order valence-corrected chi connectivity index (χ2v) is 14.7. The van der Waals surface area contributed by atoms with Gasteiger partial charge in [-0.1, -0.05) is 0 Å². The smallest absolute Gasteiger partial charge is 0.325 e. The molecule has 3 fully saturated rings. The first-order chi connectivity index (χ1) is 21.3. The lowest BCUT2D eigenvalue weighted by atomic mass is 10.1. The van der Waals surface area contributed by atoms with Gasteiger partial charge in [0.05, 0.1) is 25.1 Å². The van der Waals surface area contributed by atoms with Gasteiger partial charge in [0.1, 0.15) is 48.2 Å². The average Bonchev–Trinajstić information content (AvgIpc) is 3.71. The summed E-state index contributed by atoms with van der Waals surface area (Å²) in [6.07, 6.45) is -8.15. The third-order valence-electron chi connectivity index (χ3n) is 7.58. The van der Waals surface area contributed by atoms with Crippen molar-refractivity contribution < 1.29 is 55.7 Å². The Morgan fingerprint density at radius 1 is 1.09 bits per heavy atom. The van der Waals surface area contributed by atoms with Gasteiger partial charge in [-0.3, -0.25) is 18.5 Å². The van der Waals surface area contributed by atoms with E-state index in [2.05, 4.69) is 19.9 Å². The zero-order valence-corrected chi connectivity index (χ0v) is 25.2. The van der Waals surface area contributed by atoms with Gasteiger partial charge in [0.15, 0.2) is 41.7 Å². The number of hydrogen-bond acceptors (Lipinski definition) is 15. The number of hydrogen-bond donors (Lipinski definition) is 3. The zero-order chi connectivity index (χ0) is 31.8. The minimum atomic E-state index is -4.60. The number of fused-ring (bicyclic) bond motifs is 4. The number of rotatable bonds is 2. The minimum Gasteiger partial charge on any atom is -0.386 e. The summed E-state index contributed by atoms with van der Waals surface area (Å²) in [4.78, 5) is 39.3. The van der Waals surface area contributed by atoms with Crippen molar-refractivity contribution in [3.63, 3.8) is 0 Å². The summed E-state index contributed by atoms with van der Waals surface area (Å²) in [7, 11) is 1.24. The number of carbonyl (C=O) groups excluding carboxylic acids is 1. The molecular weight excluding hydrogens is 665 g/mol. The predicted molar refractivity (Wildman–Crippen MR) is 151 cm³/mol. The molecule has 0 spiro atoms. The van der Waals surface area contributed by atoms with Crippen LogP contribution in [0.5, 0.6) is 0 Å². The number of aliphatic imine (C=N–C) groups is 1. The van der Waals surface area contributed by atoms with E-state index in [9.17, 15) is 23.7 Å². The van der Waals surface area contributed by atoms with E-state index in [1.165, 1.54) is 17.1 Å². The summed E-state index contributed by atoms with van der Waals surface area (Å²) >= 11 is 5.16. The molecule has 0 aromatic carbocycles. The van der Waals surface area contributed by atoms with Crippen molar-refractivity contribution in [2.45, 2.75) is 55.6 Å². The molecule has 10 atom stereocenters. The van der Waals surface area contributed by atoms with Crippen LogP contribution in [0.3, 0.4) is 0 Å². The van der Waals surface area contributed by atoms with E-state index in [1.54, 1.807) is 0 Å². The van der Waals surface area contributed by atoms with Crippen molar-refractivity contribution in [1.29, 1.82) is 0 Å². The van der Waals surface area contributed by atoms with Gasteiger partial charge in [0, 0.05) is 18.8 Å². The number of ether oxygens (including phenoxy) is 2. The van der Waals surface area contributed by atoms with Gasteiger partial charge in [-0.15, -0.1) is 0 Å². The quantitative estimate of drug-likeness (QED) is 0.254. The molecule has 0 aliphatic carbocycles. The monoisotopic (exact) mass is 687 g/mol. The Morgan fingerprint density at radius 3 is 2.62 bits per heavy atom. The SMILES string of the molecule is [B]P1(=O)OC[C@H]2O[C@@H](n3cc(F)c4c3N=CCC4=O)[C@@H](O)C2OP(O)(=S)OC[C@H]2O[C@@H](n3cnc4c(N)ncnc43)C(F)[C@H]2O1. The van der Waals surface area contributed by atoms with Gasteiger partial charge in [-0.05, 0) is 11.8 Å². The third kappa shape index (κ3) is 5.49. The maximum absolute atomic E-state index is 16.0. The zero-order valence-electron chi connectivity index (χ0n) is 22.6. The number of imidazole rings is 1. The Morgan fingerprint density at radius 2 is 1.82 bits per heavy atom. The van der Waals surface area contributed by atoms with Gasteiger partial charge >= 0.3 is 6.72 Å². The number of alkyl halides is 1. The Bertz CT molecular complexity index is 1820. The number of nitrogens with zero attached hydrogens (tertiary/aromatic N) is 6. The van der Waals surface area contributed by atoms with Crippen molar-refractivity contribution in [1.82, 2.24) is 24.1 Å². The van der Waals surface area contributed by atoms with Gasteiger partial charge in [-0.25, -0.2) is 28.7 Å². The molecule has 23 heteroatoms. The topological polar surface area (TPSA) is 217 Å². The molecule has 4 aliphatic heterocycles. The van der Waals surface area contributed by atoms with Crippen molar-refractivity contribution in [2.24, 2.45) is 4.99 Å². The molecule has 2 radical (unpaired) electrons. The Kier molecular flexibility index (Phi) is 7.81. The van der Waals surface area contributed by atoms with Crippen LogP contribution >= 0.6 is 14.2 Å². The van der Waals surface area contributed by atoms with Crippen LogP contribution in [0.1, 0.15) is 29.2 Å². The number of aromatic nitrogens is 5. The Balaban J connectivity index is 1.16. The van der Waals surface area contributed by atoms with Crippen LogP contribution in [0.2, 0.25) is 0 Å². The fourth-order valence-corrected chi connectivity index (χ4v) is 8.01. The van der Waals surface area contributed by atoms with Gasteiger partial charge in [-0.2, -0.15) is 0 Å². The molecule has 4 N–H and O–H groups in total. The van der Waals surface area contributed by atoms with Crippen LogP contribution in [0.15, 0.2) is 23.8 Å². The highest BCUT2D eigenvalue weighted by molar-refractivity contribution is 8.07. The molecule has 7 rings (SSSR count). The average molecular weight is 687 g/mol. The van der Waals surface area contributed by atoms with E-state index in [-0.39, 0.29) is 34.8 Å². The molecule has 0 bridgehead atoms. The number of nitrogens with two attached hydrogens (primary N) is 1. The molecule has 17 nitrogen and oxygen atoms in total. The molecule has 4 aliphatic rings. The van der Waals surface area contributed by atoms with E-state index in [0.29, 0.717) is 0 Å². The molecule has 3 aromatic heterocycles. The number of anilines is 1. The van der Waals surface area contributed by atoms with Crippen LogP contribution in [0, 0.1) is 5.82 Å². The standard InChI is InChI=1S/C22H22BF2N7O10P2S/c23-43(35)37-4-11-17(15(34)22(40-11)31-3-8(24)12-9(33)1-2-27-19(12)31)42-44(36,45)38-5-10-16(41-43)13(25)21(39-10)32-7-30-14-18(26)28-6-29-20(14)32/h2-3,6-7,10-11,13,15-17,21-22,34H,1,4-5H2,(H,36,45)(H2,26,28,29)/t10-,11-,13?,15+,16+,17?,21-,22-,43?,44?/m1/s1. The summed E-state index contributed by atoms with van der Waals surface area (Å²) in [6.45, 7) is -5.61. The number of ketones is 1. The fraction of sp³-hybridized carbons (Fsp3) is 0.500. The number of nitrogen functional groups attached to an aromatic ring is 1. The molecule has 3 saturated heterocycles. The molecule has 45 heavy (non-hydrogen) atoms. The number of aliphatic hydroxyl groups excluding tert-OH is 1. The highest BCUT2D eigenvalue weighted by Crippen LogP contribution is 2.54. The predicted octanol–water partition coefficient (Wildman–Crippen LogP) is 1.14. The fourth-order valence-electron chi connectivity index (χ4n) is 5.56. The van der Waals surface area contributed by atoms with E-state index in [0.717, 1.165) is 17.1 Å². The van der Waals surface area contributed by atoms with Gasteiger partial charge in [0.2, 0.25) is 7.57 Å². The molecule has 4 unspecified atom stereocenters. The highest BCUT2D eigenvalue weighted by atomic mass is 32.5. The second-order valence-electron chi connectivity index (χ2n) is 10.4. The van der Waals surface area contributed by atoms with Gasteiger partial charge in [0.25, 0.3) is 7.47 Å². The van der Waals surface area contributed by atoms with Crippen molar-refractivity contribution in [3.05, 3.63) is 30.2 Å². The van der Waals surface area contributed by atoms with Crippen LogP contribution in [-0.4, -0.2) is 104 Å². The highest BCUT2D eigenvalue weighted by Gasteiger charge is 2.53. The summed E-state index contributed by atoms with van der Waals surface area (Å²) in [5, 5.41) is 11.2. The maximum Gasteiger partial charge on any atom is 0.325 e. The van der Waals surface area contributed by atoms with Crippen molar-refractivity contribution in [3.8, 4) is 0 Å². The van der Waals surface area contributed by atoms with E-state index >= 15 is 4.39 Å². The third-order valence-corrected chi connectivity index (χ3v) is 10.2. The molecule has 238 valence electrons. The molecule has 0 saturated carbocycles. The normalized spacial score (nSPS) is 38.8. The minimum absolute atomic E-state index is 0.0383. The molecular formula is C22H22BF2N7O10P2S. The van der Waals surface area contributed by atoms with E-state index in [4.69, 9.17) is 52.7 Å². The van der Waals surface area contributed by atoms with Crippen molar-refractivity contribution >= 4 is 68.4 Å². The lowest BCUT2D eigenvalue weighted by Gasteiger charge is -2.30. The Labute approximate surface area is 257 Å². The maximum atomic E-state index is 16.0. The lowest BCUT2D eigenvalue weighted by molar-refractivity contribution is -0.0575. The van der Waals surface area contributed by atoms with Gasteiger partial charge < -0.3 is 43.3 Å². The number of aliphatic hydroxyl groups is 1. The summed E-state index contributed by atoms with van der Waals surface area (Å²) in [5.41, 5.74) is 5.83. The summed E-state index contributed by atoms with van der Waals surface area (Å²) in [6, 6.07) is 0. The van der Waals surface area contributed by atoms with Crippen LogP contribution in [-0.2, 0) is 43.9 Å². The molecule has 7 heterocycles. The largest absolute Gasteiger partial charge is 0.386 e. The molecule has 0 amide bonds.